The summed E-state index contributed by atoms with van der Waals surface area (Å²) in [5.74, 6) is -0.0732. The van der Waals surface area contributed by atoms with Crippen LogP contribution in [0.1, 0.15) is 28.7 Å². The Bertz CT molecular complexity index is 1020. The van der Waals surface area contributed by atoms with Crippen LogP contribution in [-0.4, -0.2) is 46.5 Å². The molecule has 0 atom stereocenters. The van der Waals surface area contributed by atoms with Crippen LogP contribution >= 0.6 is 11.6 Å². The summed E-state index contributed by atoms with van der Waals surface area (Å²) in [6, 6.07) is 7.53. The maximum atomic E-state index is 12.1. The van der Waals surface area contributed by atoms with Crippen LogP contribution in [0.25, 0.3) is 22.9 Å². The molecule has 0 fully saturated rings. The van der Waals surface area contributed by atoms with Gasteiger partial charge in [0.1, 0.15) is 0 Å². The van der Waals surface area contributed by atoms with E-state index in [-0.39, 0.29) is 5.78 Å². The van der Waals surface area contributed by atoms with Gasteiger partial charge in [-0.05, 0) is 30.7 Å². The van der Waals surface area contributed by atoms with Crippen molar-refractivity contribution in [2.75, 3.05) is 21.2 Å². The molecule has 1 aromatic carbocycles. The van der Waals surface area contributed by atoms with Crippen molar-refractivity contribution in [1.29, 1.82) is 0 Å². The highest BCUT2D eigenvalue weighted by atomic mass is 35.5. The lowest BCUT2D eigenvalue weighted by Gasteiger charge is -2.08. The topological polar surface area (TPSA) is 59.7 Å². The van der Waals surface area contributed by atoms with E-state index in [1.807, 2.05) is 55.5 Å². The molecule has 0 saturated carbocycles. The van der Waals surface area contributed by atoms with Crippen molar-refractivity contribution in [3.05, 3.63) is 58.6 Å². The van der Waals surface area contributed by atoms with Crippen LogP contribution < -0.4 is 0 Å². The summed E-state index contributed by atoms with van der Waals surface area (Å²) in [7, 11) is 5.45. The molecule has 2 heterocycles. The molecule has 6 nitrogen and oxygen atoms in total. The number of benzene rings is 1. The Balaban J connectivity index is 2.35. The fourth-order valence-electron chi connectivity index (χ4n) is 2.87. The van der Waals surface area contributed by atoms with E-state index in [9.17, 15) is 4.79 Å². The molecule has 0 N–H and O–H groups in total. The fraction of sp³-hybridized carbons (Fsp3) is 0.250. The van der Waals surface area contributed by atoms with E-state index in [1.54, 1.807) is 17.8 Å². The zero-order chi connectivity index (χ0) is 19.6. The number of ether oxygens (including phenoxy) is 1. The molecule has 0 aliphatic carbocycles. The number of nitrogens with zero attached hydrogens (tertiary/aromatic N) is 4. The number of carbonyl (C=O) groups excluding carboxylic acids is 1. The fourth-order valence-corrected chi connectivity index (χ4v) is 3.07. The van der Waals surface area contributed by atoms with Gasteiger partial charge in [-0.2, -0.15) is 5.10 Å². The van der Waals surface area contributed by atoms with E-state index in [0.29, 0.717) is 28.5 Å². The van der Waals surface area contributed by atoms with E-state index in [0.717, 1.165) is 16.8 Å². The van der Waals surface area contributed by atoms with Crippen LogP contribution in [-0.2, 0) is 11.3 Å². The molecule has 27 heavy (non-hydrogen) atoms. The molecule has 0 aliphatic rings. The number of ketones is 1. The van der Waals surface area contributed by atoms with Gasteiger partial charge in [-0.25, -0.2) is 9.50 Å². The first-order valence-corrected chi connectivity index (χ1v) is 8.81. The average Bonchev–Trinajstić information content (AvgIpc) is 2.97. The Morgan fingerprint density at radius 2 is 2.15 bits per heavy atom. The summed E-state index contributed by atoms with van der Waals surface area (Å²) in [6.07, 6.45) is 5.33. The Hall–Kier alpha value is -2.70. The van der Waals surface area contributed by atoms with Gasteiger partial charge in [0.15, 0.2) is 11.4 Å². The van der Waals surface area contributed by atoms with Crippen LogP contribution in [0.4, 0.5) is 0 Å². The van der Waals surface area contributed by atoms with Gasteiger partial charge in [-0.15, -0.1) is 0 Å². The van der Waals surface area contributed by atoms with Crippen LogP contribution in [0.3, 0.4) is 0 Å². The number of fused-ring (bicyclic) bond motifs is 1. The minimum absolute atomic E-state index is 0.0732. The molecule has 0 amide bonds. The number of methoxy groups -OCH3 is 1. The largest absolute Gasteiger partial charge is 0.383 e. The minimum Gasteiger partial charge on any atom is -0.383 e. The lowest BCUT2D eigenvalue weighted by atomic mass is 10.1. The van der Waals surface area contributed by atoms with Crippen molar-refractivity contribution in [1.82, 2.24) is 19.5 Å². The van der Waals surface area contributed by atoms with Gasteiger partial charge in [0.05, 0.1) is 29.1 Å². The number of hydrogen-bond acceptors (Lipinski definition) is 5. The lowest BCUT2D eigenvalue weighted by molar-refractivity contribution is 0.101. The SMILES string of the molecule is COCc1nn2c(/C=C/N(C)C)c(C(C)=O)cnc2c1-c1cccc(Cl)c1. The van der Waals surface area contributed by atoms with E-state index >= 15 is 0 Å². The molecule has 0 aliphatic heterocycles. The van der Waals surface area contributed by atoms with E-state index in [4.69, 9.17) is 21.4 Å². The van der Waals surface area contributed by atoms with Crippen molar-refractivity contribution in [2.24, 2.45) is 0 Å². The Morgan fingerprint density at radius 1 is 1.37 bits per heavy atom. The first-order chi connectivity index (χ1) is 12.9. The molecule has 2 aromatic heterocycles. The summed E-state index contributed by atoms with van der Waals surface area (Å²) in [5.41, 5.74) is 4.29. The van der Waals surface area contributed by atoms with Gasteiger partial charge in [0.2, 0.25) is 0 Å². The minimum atomic E-state index is -0.0732. The second-order valence-corrected chi connectivity index (χ2v) is 6.83. The van der Waals surface area contributed by atoms with E-state index in [2.05, 4.69) is 4.98 Å². The number of hydrogen-bond donors (Lipinski definition) is 0. The third kappa shape index (κ3) is 3.86. The molecule has 0 radical (unpaired) electrons. The van der Waals surface area contributed by atoms with Crippen molar-refractivity contribution in [3.63, 3.8) is 0 Å². The third-order valence-corrected chi connectivity index (χ3v) is 4.29. The quantitative estimate of drug-likeness (QED) is 0.602. The van der Waals surface area contributed by atoms with Gasteiger partial charge in [-0.3, -0.25) is 4.79 Å². The first kappa shape index (κ1) is 19.1. The van der Waals surface area contributed by atoms with Gasteiger partial charge < -0.3 is 9.64 Å². The maximum absolute atomic E-state index is 12.1. The van der Waals surface area contributed by atoms with Crippen LogP contribution in [0.2, 0.25) is 5.02 Å². The monoisotopic (exact) mass is 384 g/mol. The summed E-state index contributed by atoms with van der Waals surface area (Å²) >= 11 is 6.18. The highest BCUT2D eigenvalue weighted by Gasteiger charge is 2.20. The summed E-state index contributed by atoms with van der Waals surface area (Å²) in [5, 5.41) is 5.32. The number of rotatable bonds is 6. The molecule has 0 saturated heterocycles. The van der Waals surface area contributed by atoms with Crippen molar-refractivity contribution < 1.29 is 9.53 Å². The van der Waals surface area contributed by atoms with Crippen molar-refractivity contribution >= 4 is 29.1 Å². The highest BCUT2D eigenvalue weighted by Crippen LogP contribution is 2.31. The number of carbonyl (C=O) groups is 1. The number of halogens is 1. The molecule has 0 bridgehead atoms. The van der Waals surface area contributed by atoms with Crippen molar-refractivity contribution in [3.8, 4) is 11.1 Å². The average molecular weight is 385 g/mol. The maximum Gasteiger partial charge on any atom is 0.163 e. The second-order valence-electron chi connectivity index (χ2n) is 6.39. The normalized spacial score (nSPS) is 11.4. The molecule has 3 rings (SSSR count). The standard InChI is InChI=1S/C20H21ClN4O2/c1-13(26)16-11-22-20-19(14-6-5-7-15(21)10-14)17(12-27-4)23-25(20)18(16)8-9-24(2)3/h5-11H,12H2,1-4H3/b9-8+. The second kappa shape index (κ2) is 7.90. The number of aromatic nitrogens is 3. The Kier molecular flexibility index (Phi) is 5.58. The number of Topliss-reactive ketones (excluding diaryl/α,β-unsaturated/α-hetero) is 1. The van der Waals surface area contributed by atoms with Crippen LogP contribution in [0.15, 0.2) is 36.7 Å². The molecule has 0 unspecified atom stereocenters. The summed E-state index contributed by atoms with van der Waals surface area (Å²) < 4.78 is 7.03. The predicted molar refractivity (Wildman–Crippen MR) is 107 cm³/mol. The molecular weight excluding hydrogens is 364 g/mol. The van der Waals surface area contributed by atoms with Crippen LogP contribution in [0.5, 0.6) is 0 Å². The zero-order valence-corrected chi connectivity index (χ0v) is 16.5. The van der Waals surface area contributed by atoms with Gasteiger partial charge in [0.25, 0.3) is 0 Å². The Morgan fingerprint density at radius 3 is 2.78 bits per heavy atom. The van der Waals surface area contributed by atoms with Crippen LogP contribution in [0, 0.1) is 0 Å². The third-order valence-electron chi connectivity index (χ3n) is 4.06. The van der Waals surface area contributed by atoms with Gasteiger partial charge >= 0.3 is 0 Å². The van der Waals surface area contributed by atoms with Gasteiger partial charge in [-0.1, -0.05) is 23.7 Å². The predicted octanol–water partition coefficient (Wildman–Crippen LogP) is 3.93. The van der Waals surface area contributed by atoms with Gasteiger partial charge in [0, 0.05) is 38.6 Å². The molecule has 7 heteroatoms. The lowest BCUT2D eigenvalue weighted by Crippen LogP contribution is -2.07. The molecular formula is C20H21ClN4O2. The molecule has 3 aromatic rings. The smallest absolute Gasteiger partial charge is 0.163 e. The Labute approximate surface area is 163 Å². The van der Waals surface area contributed by atoms with E-state index < -0.39 is 0 Å². The van der Waals surface area contributed by atoms with E-state index in [1.165, 1.54) is 6.92 Å². The first-order valence-electron chi connectivity index (χ1n) is 8.43. The van der Waals surface area contributed by atoms with Crippen molar-refractivity contribution in [2.45, 2.75) is 13.5 Å². The summed E-state index contributed by atoms with van der Waals surface area (Å²) in [6.45, 7) is 1.84. The summed E-state index contributed by atoms with van der Waals surface area (Å²) in [4.78, 5) is 18.5. The zero-order valence-electron chi connectivity index (χ0n) is 15.7. The molecule has 140 valence electrons. The highest BCUT2D eigenvalue weighted by molar-refractivity contribution is 6.30. The molecule has 0 spiro atoms.